The summed E-state index contributed by atoms with van der Waals surface area (Å²) in [7, 11) is 0. The van der Waals surface area contributed by atoms with E-state index in [1.807, 2.05) is 36.4 Å². The van der Waals surface area contributed by atoms with Gasteiger partial charge in [-0.05, 0) is 42.6 Å². The average Bonchev–Trinajstić information content (AvgIpc) is 2.74. The number of benzene rings is 2. The summed E-state index contributed by atoms with van der Waals surface area (Å²) in [5, 5.41) is 14.7. The van der Waals surface area contributed by atoms with Crippen LogP contribution in [0.5, 0.6) is 0 Å². The zero-order chi connectivity index (χ0) is 19.6. The highest BCUT2D eigenvalue weighted by Crippen LogP contribution is 2.23. The molecule has 1 heterocycles. The average molecular weight is 375 g/mol. The van der Waals surface area contributed by atoms with Crippen LogP contribution in [-0.2, 0) is 6.42 Å². The fraction of sp³-hybridized carbons (Fsp3) is 0.217. The summed E-state index contributed by atoms with van der Waals surface area (Å²) >= 11 is 0. The van der Waals surface area contributed by atoms with Gasteiger partial charge in [0.25, 0.3) is 0 Å². The van der Waals surface area contributed by atoms with E-state index in [9.17, 15) is 4.79 Å². The Kier molecular flexibility index (Phi) is 7.15. The van der Waals surface area contributed by atoms with Crippen molar-refractivity contribution < 1.29 is 9.90 Å². The fourth-order valence-corrected chi connectivity index (χ4v) is 3.14. The maximum Gasteiger partial charge on any atom is 0.404 e. The van der Waals surface area contributed by atoms with Crippen LogP contribution in [0.4, 0.5) is 4.79 Å². The number of hydrogen-bond donors (Lipinski definition) is 3. The van der Waals surface area contributed by atoms with E-state index in [1.54, 1.807) is 6.20 Å². The quantitative estimate of drug-likeness (QED) is 0.488. The van der Waals surface area contributed by atoms with E-state index in [4.69, 9.17) is 5.11 Å². The number of nitrogens with one attached hydrogen (secondary N) is 2. The second-order valence-electron chi connectivity index (χ2n) is 6.62. The van der Waals surface area contributed by atoms with Crippen LogP contribution >= 0.6 is 0 Å². The van der Waals surface area contributed by atoms with Crippen molar-refractivity contribution in [2.45, 2.75) is 18.9 Å². The summed E-state index contributed by atoms with van der Waals surface area (Å²) in [6.45, 7) is 1.18. The first-order valence-corrected chi connectivity index (χ1v) is 9.48. The molecule has 0 saturated carbocycles. The fourth-order valence-electron chi connectivity index (χ4n) is 3.14. The summed E-state index contributed by atoms with van der Waals surface area (Å²) in [6.07, 6.45) is 2.43. The number of rotatable bonds is 9. The van der Waals surface area contributed by atoms with Gasteiger partial charge in [-0.25, -0.2) is 4.79 Å². The molecular formula is C23H25N3O2. The van der Waals surface area contributed by atoms with E-state index < -0.39 is 6.09 Å². The van der Waals surface area contributed by atoms with Crippen molar-refractivity contribution in [3.63, 3.8) is 0 Å². The largest absolute Gasteiger partial charge is 0.465 e. The van der Waals surface area contributed by atoms with Crippen molar-refractivity contribution in [3.05, 3.63) is 90.1 Å². The standard InChI is InChI=1S/C23H25N3O2/c27-23(28)26-16-6-15-25-22(17-18-7-2-1-3-8-18)20-12-10-19(11-13-20)21-9-4-5-14-24-21/h1-5,7-14,22,25-26H,6,15-17H2,(H,27,28). The van der Waals surface area contributed by atoms with Crippen molar-refractivity contribution >= 4 is 6.09 Å². The molecule has 1 unspecified atom stereocenters. The molecule has 5 heteroatoms. The predicted molar refractivity (Wildman–Crippen MR) is 111 cm³/mol. The molecule has 1 atom stereocenters. The molecule has 3 N–H and O–H groups in total. The van der Waals surface area contributed by atoms with Crippen molar-refractivity contribution in [1.82, 2.24) is 15.6 Å². The first-order chi connectivity index (χ1) is 13.7. The lowest BCUT2D eigenvalue weighted by atomic mass is 9.97. The summed E-state index contributed by atoms with van der Waals surface area (Å²) in [4.78, 5) is 15.0. The Morgan fingerprint density at radius 2 is 1.68 bits per heavy atom. The van der Waals surface area contributed by atoms with Crippen molar-refractivity contribution in [2.24, 2.45) is 0 Å². The molecule has 0 radical (unpaired) electrons. The molecule has 0 saturated heterocycles. The second kappa shape index (κ2) is 10.2. The molecule has 144 valence electrons. The third-order valence-electron chi connectivity index (χ3n) is 4.58. The van der Waals surface area contributed by atoms with Gasteiger partial charge in [-0.2, -0.15) is 0 Å². The van der Waals surface area contributed by atoms with Crippen LogP contribution in [0.15, 0.2) is 79.0 Å². The molecule has 1 amide bonds. The molecule has 2 aromatic carbocycles. The van der Waals surface area contributed by atoms with Crippen LogP contribution < -0.4 is 10.6 Å². The van der Waals surface area contributed by atoms with Crippen LogP contribution in [0.3, 0.4) is 0 Å². The Bertz CT molecular complexity index is 852. The van der Waals surface area contributed by atoms with Gasteiger partial charge in [0.15, 0.2) is 0 Å². The molecular weight excluding hydrogens is 350 g/mol. The normalized spacial score (nSPS) is 11.7. The highest BCUT2D eigenvalue weighted by Gasteiger charge is 2.12. The minimum atomic E-state index is -0.981. The predicted octanol–water partition coefficient (Wildman–Crippen LogP) is 4.28. The van der Waals surface area contributed by atoms with Crippen molar-refractivity contribution in [3.8, 4) is 11.3 Å². The van der Waals surface area contributed by atoms with Gasteiger partial charge in [-0.15, -0.1) is 0 Å². The Morgan fingerprint density at radius 1 is 0.929 bits per heavy atom. The second-order valence-corrected chi connectivity index (χ2v) is 6.62. The van der Waals surface area contributed by atoms with Gasteiger partial charge >= 0.3 is 6.09 Å². The van der Waals surface area contributed by atoms with E-state index in [0.29, 0.717) is 6.54 Å². The van der Waals surface area contributed by atoms with Gasteiger partial charge < -0.3 is 15.7 Å². The van der Waals surface area contributed by atoms with Crippen LogP contribution in [0, 0.1) is 0 Å². The maximum atomic E-state index is 10.6. The first-order valence-electron chi connectivity index (χ1n) is 9.48. The molecule has 0 fully saturated rings. The molecule has 0 aliphatic carbocycles. The third kappa shape index (κ3) is 5.93. The number of amides is 1. The monoisotopic (exact) mass is 375 g/mol. The van der Waals surface area contributed by atoms with Crippen LogP contribution in [0.1, 0.15) is 23.6 Å². The molecule has 0 bridgehead atoms. The minimum absolute atomic E-state index is 0.157. The van der Waals surface area contributed by atoms with Crippen LogP contribution in [0.25, 0.3) is 11.3 Å². The van der Waals surface area contributed by atoms with Gasteiger partial charge in [0.2, 0.25) is 0 Å². The summed E-state index contributed by atoms with van der Waals surface area (Å²) in [5.41, 5.74) is 4.52. The number of hydrogen-bond acceptors (Lipinski definition) is 3. The zero-order valence-corrected chi connectivity index (χ0v) is 15.7. The number of nitrogens with zero attached hydrogens (tertiary/aromatic N) is 1. The highest BCUT2D eigenvalue weighted by atomic mass is 16.4. The van der Waals surface area contributed by atoms with Crippen LogP contribution in [-0.4, -0.2) is 29.3 Å². The van der Waals surface area contributed by atoms with E-state index in [-0.39, 0.29) is 6.04 Å². The molecule has 0 aliphatic rings. The first kappa shape index (κ1) is 19.6. The Labute approximate surface area is 165 Å². The summed E-state index contributed by atoms with van der Waals surface area (Å²) in [5.74, 6) is 0. The minimum Gasteiger partial charge on any atom is -0.465 e. The molecule has 5 nitrogen and oxygen atoms in total. The lowest BCUT2D eigenvalue weighted by Crippen LogP contribution is -2.28. The van der Waals surface area contributed by atoms with Gasteiger partial charge in [0.1, 0.15) is 0 Å². The molecule has 3 rings (SSSR count). The Morgan fingerprint density at radius 3 is 2.36 bits per heavy atom. The molecule has 0 spiro atoms. The topological polar surface area (TPSA) is 74.2 Å². The molecule has 3 aromatic rings. The summed E-state index contributed by atoms with van der Waals surface area (Å²) in [6, 6.07) is 24.9. The number of carboxylic acid groups (broad SMARTS) is 1. The summed E-state index contributed by atoms with van der Waals surface area (Å²) < 4.78 is 0. The van der Waals surface area contributed by atoms with Gasteiger partial charge in [-0.1, -0.05) is 60.7 Å². The number of pyridine rings is 1. The van der Waals surface area contributed by atoms with Gasteiger partial charge in [0.05, 0.1) is 5.69 Å². The van der Waals surface area contributed by atoms with E-state index in [2.05, 4.69) is 52.0 Å². The maximum absolute atomic E-state index is 10.6. The smallest absolute Gasteiger partial charge is 0.404 e. The SMILES string of the molecule is O=C(O)NCCCNC(Cc1ccccc1)c1ccc(-c2ccccn2)cc1. The lowest BCUT2D eigenvalue weighted by molar-refractivity contribution is 0.194. The van der Waals surface area contributed by atoms with Crippen molar-refractivity contribution in [2.75, 3.05) is 13.1 Å². The van der Waals surface area contributed by atoms with E-state index in [0.717, 1.165) is 30.6 Å². The molecule has 1 aromatic heterocycles. The molecule has 0 aliphatic heterocycles. The Balaban J connectivity index is 1.69. The number of carbonyl (C=O) groups is 1. The van der Waals surface area contributed by atoms with Gasteiger partial charge in [0, 0.05) is 24.3 Å². The highest BCUT2D eigenvalue weighted by molar-refractivity contribution is 5.64. The number of aromatic nitrogens is 1. The zero-order valence-electron chi connectivity index (χ0n) is 15.7. The van der Waals surface area contributed by atoms with E-state index in [1.165, 1.54) is 11.1 Å². The Hall–Kier alpha value is -3.18. The van der Waals surface area contributed by atoms with Gasteiger partial charge in [-0.3, -0.25) is 4.98 Å². The van der Waals surface area contributed by atoms with Crippen LogP contribution in [0.2, 0.25) is 0 Å². The lowest BCUT2D eigenvalue weighted by Gasteiger charge is -2.20. The third-order valence-corrected chi connectivity index (χ3v) is 4.58. The molecule has 28 heavy (non-hydrogen) atoms. The van der Waals surface area contributed by atoms with Crippen molar-refractivity contribution in [1.29, 1.82) is 0 Å². The van der Waals surface area contributed by atoms with E-state index >= 15 is 0 Å².